The third-order valence-corrected chi connectivity index (χ3v) is 6.45. The van der Waals surface area contributed by atoms with E-state index in [9.17, 15) is 8.42 Å². The van der Waals surface area contributed by atoms with Gasteiger partial charge < -0.3 is 0 Å². The second-order valence-electron chi connectivity index (χ2n) is 6.46. The van der Waals surface area contributed by atoms with Crippen LogP contribution < -0.4 is 4.72 Å². The minimum atomic E-state index is -3.38. The van der Waals surface area contributed by atoms with Crippen molar-refractivity contribution in [2.24, 2.45) is 0 Å². The minimum Gasteiger partial charge on any atom is -0.212 e. The minimum absolute atomic E-state index is 0.00440. The number of sulfonamides is 1. The van der Waals surface area contributed by atoms with Crippen LogP contribution in [0.25, 0.3) is 0 Å². The topological polar surface area (TPSA) is 46.2 Å². The molecule has 0 saturated carbocycles. The first-order chi connectivity index (χ1) is 11.4. The van der Waals surface area contributed by atoms with Crippen molar-refractivity contribution >= 4 is 26.0 Å². The first-order valence-corrected chi connectivity index (χ1v) is 10.7. The van der Waals surface area contributed by atoms with E-state index in [2.05, 4.69) is 38.9 Å². The third-order valence-electron chi connectivity index (χ3n) is 4.50. The smallest absolute Gasteiger partial charge is 0.212 e. The fourth-order valence-electron chi connectivity index (χ4n) is 3.20. The van der Waals surface area contributed by atoms with Crippen molar-refractivity contribution in [1.82, 2.24) is 4.72 Å². The molecule has 0 radical (unpaired) electrons. The van der Waals surface area contributed by atoms with E-state index in [1.807, 2.05) is 31.2 Å². The predicted octanol–water partition coefficient (Wildman–Crippen LogP) is 4.51. The Labute approximate surface area is 152 Å². The Kier molecular flexibility index (Phi) is 5.42. The molecular weight excluding hydrogens is 386 g/mol. The van der Waals surface area contributed by atoms with Gasteiger partial charge in [-0.1, -0.05) is 46.3 Å². The van der Waals surface area contributed by atoms with Crippen LogP contribution in [-0.2, 0) is 28.6 Å². The van der Waals surface area contributed by atoms with E-state index in [4.69, 9.17) is 0 Å². The van der Waals surface area contributed by atoms with Crippen molar-refractivity contribution in [3.63, 3.8) is 0 Å². The summed E-state index contributed by atoms with van der Waals surface area (Å²) in [4.78, 5) is 0. The Bertz CT molecular complexity index is 816. The van der Waals surface area contributed by atoms with Crippen LogP contribution in [0.3, 0.4) is 0 Å². The average molecular weight is 408 g/mol. The van der Waals surface area contributed by atoms with Crippen LogP contribution in [0.2, 0.25) is 0 Å². The van der Waals surface area contributed by atoms with Gasteiger partial charge in [0, 0.05) is 10.5 Å². The number of halogens is 1. The molecule has 24 heavy (non-hydrogen) atoms. The summed E-state index contributed by atoms with van der Waals surface area (Å²) in [5.74, 6) is -0.00440. The van der Waals surface area contributed by atoms with E-state index in [1.54, 1.807) is 0 Å². The molecule has 0 bridgehead atoms. The number of benzene rings is 2. The molecule has 0 unspecified atom stereocenters. The highest BCUT2D eigenvalue weighted by atomic mass is 79.9. The maximum Gasteiger partial charge on any atom is 0.216 e. The van der Waals surface area contributed by atoms with Crippen molar-refractivity contribution < 1.29 is 8.42 Å². The molecule has 0 fully saturated rings. The number of hydrogen-bond acceptors (Lipinski definition) is 2. The zero-order valence-electron chi connectivity index (χ0n) is 13.8. The van der Waals surface area contributed by atoms with Gasteiger partial charge in [-0.05, 0) is 67.0 Å². The fraction of sp³-hybridized carbons (Fsp3) is 0.368. The lowest BCUT2D eigenvalue weighted by Gasteiger charge is -2.20. The lowest BCUT2D eigenvalue weighted by atomic mass is 9.89. The van der Waals surface area contributed by atoms with Gasteiger partial charge in [0.15, 0.2) is 0 Å². The highest BCUT2D eigenvalue weighted by Gasteiger charge is 2.18. The molecule has 2 aromatic carbocycles. The summed E-state index contributed by atoms with van der Waals surface area (Å²) in [5.41, 5.74) is 4.60. The summed E-state index contributed by atoms with van der Waals surface area (Å²) < 4.78 is 28.6. The van der Waals surface area contributed by atoms with Gasteiger partial charge in [0.2, 0.25) is 10.0 Å². The maximum absolute atomic E-state index is 12.4. The molecule has 3 nitrogen and oxygen atoms in total. The van der Waals surface area contributed by atoms with Crippen molar-refractivity contribution in [2.45, 2.75) is 44.4 Å². The van der Waals surface area contributed by atoms with Crippen molar-refractivity contribution in [1.29, 1.82) is 0 Å². The number of hydrogen-bond donors (Lipinski definition) is 1. The Morgan fingerprint density at radius 3 is 2.42 bits per heavy atom. The van der Waals surface area contributed by atoms with Gasteiger partial charge in [-0.2, -0.15) is 0 Å². The van der Waals surface area contributed by atoms with Gasteiger partial charge in [-0.15, -0.1) is 0 Å². The molecule has 0 saturated heterocycles. The molecule has 0 spiro atoms. The van der Waals surface area contributed by atoms with Crippen LogP contribution in [0.1, 0.15) is 48.1 Å². The molecule has 3 rings (SSSR count). The fourth-order valence-corrected chi connectivity index (χ4v) is 4.86. The van der Waals surface area contributed by atoms with Crippen LogP contribution in [-0.4, -0.2) is 8.42 Å². The summed E-state index contributed by atoms with van der Waals surface area (Å²) >= 11 is 3.36. The Morgan fingerprint density at radius 2 is 1.71 bits per heavy atom. The van der Waals surface area contributed by atoms with Gasteiger partial charge in [0.1, 0.15) is 0 Å². The largest absolute Gasteiger partial charge is 0.216 e. The zero-order chi connectivity index (χ0) is 17.2. The first kappa shape index (κ1) is 17.6. The monoisotopic (exact) mass is 407 g/mol. The van der Waals surface area contributed by atoms with Gasteiger partial charge in [-0.3, -0.25) is 0 Å². The Morgan fingerprint density at radius 1 is 1.04 bits per heavy atom. The van der Waals surface area contributed by atoms with E-state index in [-0.39, 0.29) is 11.8 Å². The van der Waals surface area contributed by atoms with E-state index < -0.39 is 10.0 Å². The van der Waals surface area contributed by atoms with Crippen LogP contribution in [0, 0.1) is 0 Å². The Balaban J connectivity index is 1.71. The SMILES string of the molecule is C[C@H](NS(=O)(=O)Cc1ccc(Br)cc1)c1ccc2c(c1)CCCC2. The van der Waals surface area contributed by atoms with Crippen molar-refractivity contribution in [3.8, 4) is 0 Å². The molecule has 0 aliphatic heterocycles. The normalized spacial score (nSPS) is 15.8. The van der Waals surface area contributed by atoms with Crippen LogP contribution >= 0.6 is 15.9 Å². The van der Waals surface area contributed by atoms with Crippen LogP contribution in [0.15, 0.2) is 46.9 Å². The van der Waals surface area contributed by atoms with E-state index in [0.717, 1.165) is 28.4 Å². The average Bonchev–Trinajstić information content (AvgIpc) is 2.56. The molecule has 2 aromatic rings. The van der Waals surface area contributed by atoms with Gasteiger partial charge in [0.25, 0.3) is 0 Å². The molecule has 1 atom stereocenters. The highest BCUT2D eigenvalue weighted by molar-refractivity contribution is 9.10. The quantitative estimate of drug-likeness (QED) is 0.792. The summed E-state index contributed by atoms with van der Waals surface area (Å²) in [5, 5.41) is 0. The van der Waals surface area contributed by atoms with Crippen LogP contribution in [0.4, 0.5) is 0 Å². The summed E-state index contributed by atoms with van der Waals surface area (Å²) in [6, 6.07) is 13.5. The van der Waals surface area contributed by atoms with E-state index >= 15 is 0 Å². The van der Waals surface area contributed by atoms with E-state index in [0.29, 0.717) is 0 Å². The van der Waals surface area contributed by atoms with Crippen molar-refractivity contribution in [2.75, 3.05) is 0 Å². The molecule has 0 amide bonds. The molecule has 0 heterocycles. The molecule has 0 aromatic heterocycles. The molecule has 1 aliphatic rings. The van der Waals surface area contributed by atoms with Gasteiger partial charge >= 0.3 is 0 Å². The third kappa shape index (κ3) is 4.47. The summed E-state index contributed by atoms with van der Waals surface area (Å²) in [7, 11) is -3.38. The lowest BCUT2D eigenvalue weighted by Crippen LogP contribution is -2.28. The number of nitrogens with one attached hydrogen (secondary N) is 1. The van der Waals surface area contributed by atoms with Gasteiger partial charge in [-0.25, -0.2) is 13.1 Å². The number of fused-ring (bicyclic) bond motifs is 1. The number of aryl methyl sites for hydroxylation is 2. The zero-order valence-corrected chi connectivity index (χ0v) is 16.2. The molecule has 1 N–H and O–H groups in total. The first-order valence-electron chi connectivity index (χ1n) is 8.29. The van der Waals surface area contributed by atoms with Crippen LogP contribution in [0.5, 0.6) is 0 Å². The Hall–Kier alpha value is -1.17. The molecule has 128 valence electrons. The second-order valence-corrected chi connectivity index (χ2v) is 9.13. The summed E-state index contributed by atoms with van der Waals surface area (Å²) in [6.07, 6.45) is 4.71. The van der Waals surface area contributed by atoms with E-state index in [1.165, 1.54) is 24.0 Å². The standard InChI is InChI=1S/C19H22BrNO2S/c1-14(17-9-8-16-4-2-3-5-18(16)12-17)21-24(22,23)13-15-6-10-19(20)11-7-15/h6-12,14,21H,2-5,13H2,1H3/t14-/m0/s1. The molecule has 5 heteroatoms. The second kappa shape index (κ2) is 7.38. The maximum atomic E-state index is 12.4. The lowest BCUT2D eigenvalue weighted by molar-refractivity contribution is 0.565. The predicted molar refractivity (Wildman–Crippen MR) is 101 cm³/mol. The molecular formula is C19H22BrNO2S. The number of rotatable bonds is 5. The van der Waals surface area contributed by atoms with Crippen molar-refractivity contribution in [3.05, 3.63) is 69.2 Å². The molecule has 1 aliphatic carbocycles. The van der Waals surface area contributed by atoms with Gasteiger partial charge in [0.05, 0.1) is 5.75 Å². The summed E-state index contributed by atoms with van der Waals surface area (Å²) in [6.45, 7) is 1.91. The highest BCUT2D eigenvalue weighted by Crippen LogP contribution is 2.25.